The molecule has 100 valence electrons. The molecule has 1 atom stereocenters. The molecule has 1 N–H and O–H groups in total. The third-order valence-corrected chi connectivity index (χ3v) is 2.14. The van der Waals surface area contributed by atoms with Crippen LogP contribution < -0.4 is 14.8 Å². The van der Waals surface area contributed by atoms with E-state index in [0.717, 1.165) is 0 Å². The molecule has 0 aliphatic heterocycles. The number of rotatable bonds is 6. The molecule has 1 amide bonds. The zero-order valence-corrected chi connectivity index (χ0v) is 10.9. The first-order valence-corrected chi connectivity index (χ1v) is 5.90. The van der Waals surface area contributed by atoms with Gasteiger partial charge in [-0.3, -0.25) is 0 Å². The largest absolute Gasteiger partial charge is 0.484 e. The van der Waals surface area contributed by atoms with Gasteiger partial charge in [-0.1, -0.05) is 12.1 Å². The van der Waals surface area contributed by atoms with Crippen molar-refractivity contribution in [1.82, 2.24) is 5.32 Å². The second-order valence-corrected chi connectivity index (χ2v) is 3.67. The average Bonchev–Trinajstić information content (AvgIpc) is 2.38. The van der Waals surface area contributed by atoms with Crippen molar-refractivity contribution >= 4 is 6.09 Å². The smallest absolute Gasteiger partial charge is 0.412 e. The van der Waals surface area contributed by atoms with Crippen molar-refractivity contribution in [2.75, 3.05) is 20.3 Å². The molecular formula is C13H19NO4. The quantitative estimate of drug-likeness (QED) is 0.844. The zero-order valence-electron chi connectivity index (χ0n) is 10.9. The number of hydrogen-bond donors (Lipinski definition) is 1. The molecule has 0 spiro atoms. The lowest BCUT2D eigenvalue weighted by Gasteiger charge is -2.16. The number of nitrogens with one attached hydrogen (secondary N) is 1. The van der Waals surface area contributed by atoms with Gasteiger partial charge in [0.1, 0.15) is 6.10 Å². The van der Waals surface area contributed by atoms with Gasteiger partial charge in [0.2, 0.25) is 0 Å². The van der Waals surface area contributed by atoms with E-state index >= 15 is 0 Å². The predicted octanol–water partition coefficient (Wildman–Crippen LogP) is 2.21. The number of hydrogen-bond acceptors (Lipinski definition) is 4. The Bertz CT molecular complexity index is 381. The maximum absolute atomic E-state index is 11.2. The van der Waals surface area contributed by atoms with E-state index in [1.54, 1.807) is 18.2 Å². The summed E-state index contributed by atoms with van der Waals surface area (Å²) in [4.78, 5) is 11.2. The summed E-state index contributed by atoms with van der Waals surface area (Å²) in [6.07, 6.45) is -0.636. The van der Waals surface area contributed by atoms with E-state index in [4.69, 9.17) is 14.2 Å². The fraction of sp³-hybridized carbons (Fsp3) is 0.462. The Balaban J connectivity index is 2.66. The molecule has 0 bridgehead atoms. The van der Waals surface area contributed by atoms with Crippen LogP contribution in [0.2, 0.25) is 0 Å². The molecule has 0 aromatic heterocycles. The molecule has 18 heavy (non-hydrogen) atoms. The first-order chi connectivity index (χ1) is 8.67. The molecule has 0 aliphatic rings. The van der Waals surface area contributed by atoms with Gasteiger partial charge >= 0.3 is 6.09 Å². The second kappa shape index (κ2) is 7.55. The van der Waals surface area contributed by atoms with Gasteiger partial charge in [0.15, 0.2) is 11.5 Å². The van der Waals surface area contributed by atoms with Crippen molar-refractivity contribution in [1.29, 1.82) is 0 Å². The van der Waals surface area contributed by atoms with Crippen LogP contribution in [0.25, 0.3) is 0 Å². The number of benzene rings is 1. The van der Waals surface area contributed by atoms with E-state index in [-0.39, 0.29) is 6.10 Å². The number of carbonyl (C=O) groups is 1. The average molecular weight is 253 g/mol. The molecule has 5 heteroatoms. The van der Waals surface area contributed by atoms with Gasteiger partial charge in [-0.05, 0) is 26.0 Å². The molecule has 0 heterocycles. The van der Waals surface area contributed by atoms with Gasteiger partial charge in [0.25, 0.3) is 0 Å². The van der Waals surface area contributed by atoms with Crippen LogP contribution in [0.3, 0.4) is 0 Å². The van der Waals surface area contributed by atoms with Gasteiger partial charge in [-0.25, -0.2) is 4.79 Å². The van der Waals surface area contributed by atoms with Crippen molar-refractivity contribution in [3.05, 3.63) is 24.3 Å². The Morgan fingerprint density at radius 1 is 1.33 bits per heavy atom. The third-order valence-electron chi connectivity index (χ3n) is 2.14. The molecule has 0 aliphatic carbocycles. The van der Waals surface area contributed by atoms with E-state index in [0.29, 0.717) is 24.7 Å². The molecule has 1 aromatic rings. The summed E-state index contributed by atoms with van der Waals surface area (Å²) in [6.45, 7) is 4.95. The maximum atomic E-state index is 11.2. The summed E-state index contributed by atoms with van der Waals surface area (Å²) in [5, 5.41) is 2.39. The fourth-order valence-corrected chi connectivity index (χ4v) is 1.32. The Hall–Kier alpha value is -1.75. The summed E-state index contributed by atoms with van der Waals surface area (Å²) in [7, 11) is 1.50. The van der Waals surface area contributed by atoms with E-state index in [9.17, 15) is 4.79 Å². The van der Waals surface area contributed by atoms with Gasteiger partial charge in [0, 0.05) is 13.7 Å². The van der Waals surface area contributed by atoms with Crippen molar-refractivity contribution in [3.8, 4) is 11.5 Å². The molecule has 1 aromatic carbocycles. The molecule has 5 nitrogen and oxygen atoms in total. The minimum Gasteiger partial charge on any atom is -0.484 e. The molecular weight excluding hydrogens is 234 g/mol. The molecule has 1 rings (SSSR count). The standard InChI is InChI=1S/C13H19NO4/c1-4-16-9-10(2)17-11-7-5-6-8-12(11)18-13(15)14-3/h5-8,10H,4,9H2,1-3H3,(H,14,15). The van der Waals surface area contributed by atoms with Crippen LogP contribution in [-0.4, -0.2) is 32.5 Å². The van der Waals surface area contributed by atoms with Crippen molar-refractivity contribution in [2.24, 2.45) is 0 Å². The normalized spacial score (nSPS) is 11.7. The summed E-state index contributed by atoms with van der Waals surface area (Å²) < 4.78 is 16.0. The second-order valence-electron chi connectivity index (χ2n) is 3.67. The maximum Gasteiger partial charge on any atom is 0.412 e. The van der Waals surface area contributed by atoms with Crippen LogP contribution in [0.4, 0.5) is 4.79 Å². The van der Waals surface area contributed by atoms with Gasteiger partial charge in [0.05, 0.1) is 6.61 Å². The number of ether oxygens (including phenoxy) is 3. The monoisotopic (exact) mass is 253 g/mol. The number of carbonyl (C=O) groups excluding carboxylic acids is 1. The fourth-order valence-electron chi connectivity index (χ4n) is 1.32. The van der Waals surface area contributed by atoms with Gasteiger partial charge < -0.3 is 19.5 Å². The van der Waals surface area contributed by atoms with E-state index < -0.39 is 6.09 Å². The Morgan fingerprint density at radius 2 is 2.00 bits per heavy atom. The predicted molar refractivity (Wildman–Crippen MR) is 68.1 cm³/mol. The zero-order chi connectivity index (χ0) is 13.4. The van der Waals surface area contributed by atoms with Crippen LogP contribution in [0.15, 0.2) is 24.3 Å². The van der Waals surface area contributed by atoms with Crippen molar-refractivity contribution in [3.63, 3.8) is 0 Å². The van der Waals surface area contributed by atoms with Crippen LogP contribution in [0.1, 0.15) is 13.8 Å². The Kier molecular flexibility index (Phi) is 6.00. The van der Waals surface area contributed by atoms with E-state index in [1.165, 1.54) is 7.05 Å². The van der Waals surface area contributed by atoms with Crippen LogP contribution in [0.5, 0.6) is 11.5 Å². The highest BCUT2D eigenvalue weighted by Gasteiger charge is 2.11. The lowest BCUT2D eigenvalue weighted by molar-refractivity contribution is 0.0643. The number of para-hydroxylation sites is 2. The molecule has 0 saturated carbocycles. The Morgan fingerprint density at radius 3 is 2.61 bits per heavy atom. The highest BCUT2D eigenvalue weighted by atomic mass is 16.6. The molecule has 0 radical (unpaired) electrons. The van der Waals surface area contributed by atoms with Gasteiger partial charge in [-0.2, -0.15) is 0 Å². The lowest BCUT2D eigenvalue weighted by atomic mass is 10.3. The third kappa shape index (κ3) is 4.63. The minimum absolute atomic E-state index is 0.112. The number of amides is 1. The Labute approximate surface area is 107 Å². The molecule has 1 unspecified atom stereocenters. The van der Waals surface area contributed by atoms with Crippen LogP contribution >= 0.6 is 0 Å². The van der Waals surface area contributed by atoms with Gasteiger partial charge in [-0.15, -0.1) is 0 Å². The van der Waals surface area contributed by atoms with Crippen LogP contribution in [0, 0.1) is 0 Å². The summed E-state index contributed by atoms with van der Waals surface area (Å²) in [5.41, 5.74) is 0. The summed E-state index contributed by atoms with van der Waals surface area (Å²) >= 11 is 0. The molecule has 0 saturated heterocycles. The highest BCUT2D eigenvalue weighted by Crippen LogP contribution is 2.27. The molecule has 0 fully saturated rings. The van der Waals surface area contributed by atoms with Crippen molar-refractivity contribution < 1.29 is 19.0 Å². The first-order valence-electron chi connectivity index (χ1n) is 5.90. The van der Waals surface area contributed by atoms with Crippen molar-refractivity contribution in [2.45, 2.75) is 20.0 Å². The highest BCUT2D eigenvalue weighted by molar-refractivity contribution is 5.70. The minimum atomic E-state index is -0.525. The first kappa shape index (κ1) is 14.3. The SMILES string of the molecule is CCOCC(C)Oc1ccccc1OC(=O)NC. The van der Waals surface area contributed by atoms with E-state index in [2.05, 4.69) is 5.32 Å². The summed E-state index contributed by atoms with van der Waals surface area (Å²) in [5.74, 6) is 0.911. The van der Waals surface area contributed by atoms with E-state index in [1.807, 2.05) is 19.9 Å². The topological polar surface area (TPSA) is 56.8 Å². The lowest BCUT2D eigenvalue weighted by Crippen LogP contribution is -2.23. The summed E-state index contributed by atoms with van der Waals surface area (Å²) in [6, 6.07) is 7.02. The van der Waals surface area contributed by atoms with Crippen LogP contribution in [-0.2, 0) is 4.74 Å².